The van der Waals surface area contributed by atoms with Crippen molar-refractivity contribution in [3.8, 4) is 0 Å². The van der Waals surface area contributed by atoms with Crippen LogP contribution in [-0.2, 0) is 11.2 Å². The molecule has 1 aliphatic rings. The number of para-hydroxylation sites is 1. The summed E-state index contributed by atoms with van der Waals surface area (Å²) >= 11 is 0. The lowest BCUT2D eigenvalue weighted by Crippen LogP contribution is -2.44. The van der Waals surface area contributed by atoms with Crippen LogP contribution in [0.4, 0.5) is 5.69 Å². The molecular formula is C16H20N2O2. The van der Waals surface area contributed by atoms with Crippen molar-refractivity contribution in [3.63, 3.8) is 0 Å². The van der Waals surface area contributed by atoms with Crippen LogP contribution >= 0.6 is 0 Å². The number of hydrogen-bond donors (Lipinski definition) is 1. The van der Waals surface area contributed by atoms with Crippen LogP contribution in [0.25, 0.3) is 10.9 Å². The summed E-state index contributed by atoms with van der Waals surface area (Å²) in [6.07, 6.45) is 0.826. The Morgan fingerprint density at radius 2 is 2.25 bits per heavy atom. The van der Waals surface area contributed by atoms with Gasteiger partial charge in [0.15, 0.2) is 0 Å². The van der Waals surface area contributed by atoms with E-state index < -0.39 is 0 Å². The maximum absolute atomic E-state index is 9.31. The summed E-state index contributed by atoms with van der Waals surface area (Å²) in [7, 11) is 0. The van der Waals surface area contributed by atoms with E-state index in [2.05, 4.69) is 35.0 Å². The zero-order valence-electron chi connectivity index (χ0n) is 11.7. The lowest BCUT2D eigenvalue weighted by molar-refractivity contribution is 0.00363. The van der Waals surface area contributed by atoms with Crippen molar-refractivity contribution in [2.45, 2.75) is 19.4 Å². The predicted octanol–water partition coefficient (Wildman–Crippen LogP) is 1.99. The van der Waals surface area contributed by atoms with Gasteiger partial charge in [-0.15, -0.1) is 0 Å². The topological polar surface area (TPSA) is 45.6 Å². The van der Waals surface area contributed by atoms with Crippen molar-refractivity contribution in [1.29, 1.82) is 0 Å². The van der Waals surface area contributed by atoms with Crippen molar-refractivity contribution in [1.82, 2.24) is 4.98 Å². The molecule has 0 saturated carbocycles. The Morgan fingerprint density at radius 1 is 1.40 bits per heavy atom. The fourth-order valence-electron chi connectivity index (χ4n) is 2.70. The fraction of sp³-hybridized carbons (Fsp3) is 0.438. The molecular weight excluding hydrogens is 252 g/mol. The average Bonchev–Trinajstić information content (AvgIpc) is 2.53. The van der Waals surface area contributed by atoms with Crippen molar-refractivity contribution >= 4 is 16.6 Å². The number of ether oxygens (including phenoxy) is 1. The quantitative estimate of drug-likeness (QED) is 0.928. The normalized spacial score (nSPS) is 19.5. The molecule has 1 aromatic heterocycles. The number of benzene rings is 1. The zero-order valence-corrected chi connectivity index (χ0v) is 11.7. The first-order valence-electron chi connectivity index (χ1n) is 7.18. The number of nitrogens with zero attached hydrogens (tertiary/aromatic N) is 2. The maximum atomic E-state index is 9.31. The number of aryl methyl sites for hydroxylation is 1. The van der Waals surface area contributed by atoms with E-state index in [0.29, 0.717) is 6.61 Å². The number of morpholine rings is 1. The van der Waals surface area contributed by atoms with Crippen LogP contribution in [0.3, 0.4) is 0 Å². The molecule has 0 bridgehead atoms. The highest BCUT2D eigenvalue weighted by Crippen LogP contribution is 2.28. The molecule has 2 heterocycles. The minimum atomic E-state index is -0.0965. The van der Waals surface area contributed by atoms with E-state index in [-0.39, 0.29) is 12.7 Å². The molecule has 0 radical (unpaired) electrons. The Morgan fingerprint density at radius 3 is 3.05 bits per heavy atom. The molecule has 0 amide bonds. The third-order valence-corrected chi connectivity index (χ3v) is 3.79. The van der Waals surface area contributed by atoms with Gasteiger partial charge in [-0.2, -0.15) is 0 Å². The molecule has 0 spiro atoms. The summed E-state index contributed by atoms with van der Waals surface area (Å²) in [5.41, 5.74) is 3.34. The summed E-state index contributed by atoms with van der Waals surface area (Å²) in [5.74, 6) is 0. The molecule has 1 N–H and O–H groups in total. The number of aromatic nitrogens is 1. The minimum Gasteiger partial charge on any atom is -0.394 e. The smallest absolute Gasteiger partial charge is 0.0980 e. The molecule has 106 valence electrons. The van der Waals surface area contributed by atoms with Gasteiger partial charge in [-0.05, 0) is 18.6 Å². The van der Waals surface area contributed by atoms with Gasteiger partial charge in [-0.1, -0.05) is 25.1 Å². The van der Waals surface area contributed by atoms with Gasteiger partial charge in [-0.25, -0.2) is 0 Å². The van der Waals surface area contributed by atoms with Crippen molar-refractivity contribution < 1.29 is 9.84 Å². The summed E-state index contributed by atoms with van der Waals surface area (Å²) in [6, 6.07) is 10.4. The van der Waals surface area contributed by atoms with Crippen LogP contribution in [0.15, 0.2) is 30.3 Å². The van der Waals surface area contributed by atoms with E-state index in [1.54, 1.807) is 0 Å². The average molecular weight is 272 g/mol. The Balaban J connectivity index is 2.04. The van der Waals surface area contributed by atoms with E-state index in [1.165, 1.54) is 11.1 Å². The largest absolute Gasteiger partial charge is 0.394 e. The summed E-state index contributed by atoms with van der Waals surface area (Å²) < 4.78 is 5.54. The summed E-state index contributed by atoms with van der Waals surface area (Å²) in [5, 5.41) is 10.5. The molecule has 4 heteroatoms. The summed E-state index contributed by atoms with van der Waals surface area (Å²) in [6.45, 7) is 4.43. The molecule has 0 aliphatic carbocycles. The van der Waals surface area contributed by atoms with E-state index in [0.717, 1.165) is 30.7 Å². The van der Waals surface area contributed by atoms with Gasteiger partial charge < -0.3 is 14.7 Å². The van der Waals surface area contributed by atoms with E-state index in [4.69, 9.17) is 4.74 Å². The number of pyridine rings is 1. The monoisotopic (exact) mass is 272 g/mol. The van der Waals surface area contributed by atoms with Crippen molar-refractivity contribution in [3.05, 3.63) is 36.0 Å². The molecule has 1 unspecified atom stereocenters. The third-order valence-electron chi connectivity index (χ3n) is 3.79. The van der Waals surface area contributed by atoms with Crippen molar-refractivity contribution in [2.24, 2.45) is 0 Å². The lowest BCUT2D eigenvalue weighted by Gasteiger charge is -2.34. The zero-order chi connectivity index (χ0) is 13.9. The predicted molar refractivity (Wildman–Crippen MR) is 80.2 cm³/mol. The fourth-order valence-corrected chi connectivity index (χ4v) is 2.70. The van der Waals surface area contributed by atoms with E-state index in [9.17, 15) is 5.11 Å². The second-order valence-corrected chi connectivity index (χ2v) is 5.12. The number of hydrogen-bond acceptors (Lipinski definition) is 4. The number of fused-ring (bicyclic) bond motifs is 1. The van der Waals surface area contributed by atoms with Crippen LogP contribution < -0.4 is 4.90 Å². The van der Waals surface area contributed by atoms with E-state index in [1.807, 2.05) is 12.1 Å². The molecule has 4 nitrogen and oxygen atoms in total. The van der Waals surface area contributed by atoms with Gasteiger partial charge in [-0.3, -0.25) is 4.98 Å². The highest BCUT2D eigenvalue weighted by Gasteiger charge is 2.21. The van der Waals surface area contributed by atoms with Gasteiger partial charge in [0.2, 0.25) is 0 Å². The molecule has 1 fully saturated rings. The Kier molecular flexibility index (Phi) is 3.85. The number of anilines is 1. The van der Waals surface area contributed by atoms with Crippen LogP contribution in [0.1, 0.15) is 12.6 Å². The number of rotatable bonds is 3. The van der Waals surface area contributed by atoms with Crippen LogP contribution in [0.2, 0.25) is 0 Å². The number of aliphatic hydroxyl groups excluding tert-OH is 1. The van der Waals surface area contributed by atoms with Gasteiger partial charge in [0.1, 0.15) is 0 Å². The molecule has 2 aromatic rings. The lowest BCUT2D eigenvalue weighted by atomic mass is 10.1. The first-order valence-corrected chi connectivity index (χ1v) is 7.18. The second kappa shape index (κ2) is 5.77. The van der Waals surface area contributed by atoms with Crippen LogP contribution in [-0.4, -0.2) is 42.5 Å². The molecule has 3 rings (SSSR count). The molecule has 1 atom stereocenters. The first-order chi connectivity index (χ1) is 9.81. The summed E-state index contributed by atoms with van der Waals surface area (Å²) in [4.78, 5) is 6.98. The van der Waals surface area contributed by atoms with Gasteiger partial charge >= 0.3 is 0 Å². The van der Waals surface area contributed by atoms with E-state index >= 15 is 0 Å². The highest BCUT2D eigenvalue weighted by atomic mass is 16.5. The highest BCUT2D eigenvalue weighted by molar-refractivity contribution is 5.92. The second-order valence-electron chi connectivity index (χ2n) is 5.12. The minimum absolute atomic E-state index is 0.0696. The van der Waals surface area contributed by atoms with Crippen LogP contribution in [0, 0.1) is 0 Å². The first kappa shape index (κ1) is 13.3. The maximum Gasteiger partial charge on any atom is 0.0980 e. The molecule has 1 aliphatic heterocycles. The van der Waals surface area contributed by atoms with Gasteiger partial charge in [0.05, 0.1) is 24.8 Å². The standard InChI is InChI=1S/C16H20N2O2/c1-2-12-9-16(14-5-3-4-6-15(14)17-12)18-7-8-20-13(10-18)11-19/h3-6,9,13,19H,2,7-8,10-11H2,1H3. The molecule has 1 aromatic carbocycles. The Bertz CT molecular complexity index is 600. The molecule has 20 heavy (non-hydrogen) atoms. The van der Waals surface area contributed by atoms with Gasteiger partial charge in [0.25, 0.3) is 0 Å². The SMILES string of the molecule is CCc1cc(N2CCOC(CO)C2)c2ccccc2n1. The number of aliphatic hydroxyl groups is 1. The Labute approximate surface area is 119 Å². The van der Waals surface area contributed by atoms with Gasteiger partial charge in [0, 0.05) is 29.9 Å². The van der Waals surface area contributed by atoms with Crippen molar-refractivity contribution in [2.75, 3.05) is 31.2 Å². The molecule has 1 saturated heterocycles. The third kappa shape index (κ3) is 2.49. The van der Waals surface area contributed by atoms with Crippen LogP contribution in [0.5, 0.6) is 0 Å². The Hall–Kier alpha value is -1.65.